The number of nitrogens with one attached hydrogen (secondary N) is 1. The van der Waals surface area contributed by atoms with Gasteiger partial charge in [-0.25, -0.2) is 17.8 Å². The maximum Gasteiger partial charge on any atom is 0.498 e. The van der Waals surface area contributed by atoms with Crippen molar-refractivity contribution in [2.24, 2.45) is 5.10 Å². The van der Waals surface area contributed by atoms with Gasteiger partial charge in [0.15, 0.2) is 0 Å². The van der Waals surface area contributed by atoms with Crippen LogP contribution in [0.25, 0.3) is 5.65 Å². The number of rotatable bonds is 6. The predicted molar refractivity (Wildman–Crippen MR) is 126 cm³/mol. The number of fused-ring (bicyclic) bond motifs is 1. The Balaban J connectivity index is 1.47. The number of hydrazone groups is 1. The summed E-state index contributed by atoms with van der Waals surface area (Å²) in [5.74, 6) is -1.16. The molecule has 1 atom stereocenters. The first-order valence-corrected chi connectivity index (χ1v) is 12.7. The molecule has 0 saturated carbocycles. The molecule has 1 unspecified atom stereocenters. The Morgan fingerprint density at radius 1 is 1.25 bits per heavy atom. The lowest BCUT2D eigenvalue weighted by Crippen LogP contribution is -2.40. The first-order valence-electron chi connectivity index (χ1n) is 10.8. The highest BCUT2D eigenvalue weighted by Gasteiger charge is 2.50. The monoisotopic (exact) mass is 545 g/mol. The molecule has 3 aromatic rings. The van der Waals surface area contributed by atoms with E-state index in [9.17, 15) is 30.8 Å². The van der Waals surface area contributed by atoms with E-state index in [-0.39, 0.29) is 18.8 Å². The van der Waals surface area contributed by atoms with Crippen molar-refractivity contribution in [2.75, 3.05) is 11.6 Å². The smallest absolute Gasteiger partial charge is 0.347 e. The molecule has 3 heterocycles. The van der Waals surface area contributed by atoms with Crippen LogP contribution in [-0.4, -0.2) is 47.2 Å². The first-order chi connectivity index (χ1) is 16.9. The molecule has 0 saturated heterocycles. The van der Waals surface area contributed by atoms with Gasteiger partial charge in [-0.05, 0) is 42.7 Å². The molecule has 0 bridgehead atoms. The molecule has 1 aliphatic heterocycles. The number of hydrogen-bond acceptors (Lipinski definition) is 6. The third kappa shape index (κ3) is 4.89. The van der Waals surface area contributed by atoms with Crippen molar-refractivity contribution >= 4 is 44.9 Å². The third-order valence-electron chi connectivity index (χ3n) is 5.67. The van der Waals surface area contributed by atoms with Crippen molar-refractivity contribution < 1.29 is 30.8 Å². The van der Waals surface area contributed by atoms with E-state index >= 15 is 0 Å². The Hall–Kier alpha value is -3.19. The van der Waals surface area contributed by atoms with Crippen molar-refractivity contribution in [3.63, 3.8) is 0 Å². The van der Waals surface area contributed by atoms with Gasteiger partial charge in [0.05, 0.1) is 16.4 Å². The minimum absolute atomic E-state index is 0.0118. The van der Waals surface area contributed by atoms with Crippen molar-refractivity contribution in [1.82, 2.24) is 14.7 Å². The molecule has 36 heavy (non-hydrogen) atoms. The molecule has 1 aliphatic rings. The van der Waals surface area contributed by atoms with Crippen LogP contribution in [0.15, 0.2) is 41.6 Å². The van der Waals surface area contributed by atoms with Crippen LogP contribution in [0.4, 0.5) is 23.2 Å². The zero-order chi connectivity index (χ0) is 26.3. The summed E-state index contributed by atoms with van der Waals surface area (Å²) in [6.07, 6.45) is 2.35. The summed E-state index contributed by atoms with van der Waals surface area (Å²) >= 11 is 6.05. The van der Waals surface area contributed by atoms with Gasteiger partial charge in [0, 0.05) is 25.5 Å². The average molecular weight is 546 g/mol. The first kappa shape index (κ1) is 25.9. The Labute approximate surface area is 208 Å². The fourth-order valence-electron chi connectivity index (χ4n) is 3.82. The van der Waals surface area contributed by atoms with Gasteiger partial charge in [-0.3, -0.25) is 14.2 Å². The second-order valence-electron chi connectivity index (χ2n) is 8.01. The molecule has 14 heteroatoms. The van der Waals surface area contributed by atoms with E-state index in [2.05, 4.69) is 15.4 Å². The number of sulfone groups is 1. The van der Waals surface area contributed by atoms with Gasteiger partial charge in [-0.1, -0.05) is 24.6 Å². The number of aryl methyl sites for hydroxylation is 1. The molecule has 8 nitrogen and oxygen atoms in total. The number of aromatic nitrogens is 2. The fraction of sp³-hybridized carbons (Fsp3) is 0.318. The van der Waals surface area contributed by atoms with Crippen molar-refractivity contribution in [3.05, 3.63) is 64.3 Å². The zero-order valence-corrected chi connectivity index (χ0v) is 20.3. The molecular formula is C22H20ClF4N5O3S. The normalized spacial score (nSPS) is 16.5. The van der Waals surface area contributed by atoms with Crippen molar-refractivity contribution in [1.29, 1.82) is 0 Å². The van der Waals surface area contributed by atoms with Crippen LogP contribution >= 0.6 is 11.6 Å². The summed E-state index contributed by atoms with van der Waals surface area (Å²) < 4.78 is 77.7. The summed E-state index contributed by atoms with van der Waals surface area (Å²) in [4.78, 5) is 17.3. The number of pyridine rings is 1. The molecule has 192 valence electrons. The number of anilines is 1. The lowest BCUT2D eigenvalue weighted by molar-refractivity contribution is -0.0440. The number of alkyl halides is 3. The van der Waals surface area contributed by atoms with Gasteiger partial charge < -0.3 is 5.32 Å². The predicted octanol–water partition coefficient (Wildman–Crippen LogP) is 4.12. The highest BCUT2D eigenvalue weighted by atomic mass is 35.5. The number of carbonyl (C=O) groups excluding carboxylic acids is 1. The Bertz CT molecular complexity index is 1460. The van der Waals surface area contributed by atoms with Crippen molar-refractivity contribution in [3.8, 4) is 0 Å². The van der Waals surface area contributed by atoms with Crippen LogP contribution in [0.1, 0.15) is 35.1 Å². The average Bonchev–Trinajstić information content (AvgIpc) is 3.20. The van der Waals surface area contributed by atoms with Crippen molar-refractivity contribution in [2.45, 2.75) is 37.1 Å². The Kier molecular flexibility index (Phi) is 6.97. The van der Waals surface area contributed by atoms with Crippen LogP contribution in [-0.2, 0) is 22.8 Å². The number of nitrogens with zero attached hydrogens (tertiary/aromatic N) is 4. The van der Waals surface area contributed by atoms with Crippen LogP contribution in [0.3, 0.4) is 0 Å². The topological polar surface area (TPSA) is 96.1 Å². The number of carbonyl (C=O) groups is 1. The molecule has 0 radical (unpaired) electrons. The highest BCUT2D eigenvalue weighted by Crippen LogP contribution is 2.31. The van der Waals surface area contributed by atoms with Gasteiger partial charge in [-0.15, -0.1) is 0 Å². The molecular weight excluding hydrogens is 526 g/mol. The lowest BCUT2D eigenvalue weighted by Gasteiger charge is -2.27. The van der Waals surface area contributed by atoms with E-state index in [0.717, 1.165) is 11.1 Å². The second-order valence-corrected chi connectivity index (χ2v) is 10.6. The second kappa shape index (κ2) is 9.69. The van der Waals surface area contributed by atoms with Gasteiger partial charge in [0.1, 0.15) is 22.4 Å². The van der Waals surface area contributed by atoms with E-state index in [4.69, 9.17) is 11.6 Å². The fourth-order valence-corrected chi connectivity index (χ4v) is 4.95. The van der Waals surface area contributed by atoms with Gasteiger partial charge in [-0.2, -0.15) is 18.3 Å². The highest BCUT2D eigenvalue weighted by molar-refractivity contribution is 7.93. The SMILES string of the molecule is CCc1nc2ccc(Cl)cn2c1C(=O)NCc1ccc(N2CCC(S(=O)(=O)C(F)(F)F)C=N2)c(F)c1. The standard InChI is InChI=1S/C22H20ClF4N5O3S/c1-2-17-20(31-12-14(23)4-6-19(31)30-17)21(33)28-10-13-3-5-18(16(24)9-13)32-8-7-15(11-29-32)36(34,35)22(25,26)27/h3-6,9,11-12,15H,2,7-8,10H2,1H3,(H,28,33). The van der Waals surface area contributed by atoms with Crippen LogP contribution < -0.4 is 10.3 Å². The van der Waals surface area contributed by atoms with E-state index in [1.807, 2.05) is 6.92 Å². The number of imidazole rings is 1. The number of halogens is 5. The van der Waals surface area contributed by atoms with Crippen LogP contribution in [0.5, 0.6) is 0 Å². The number of hydrogen-bond donors (Lipinski definition) is 1. The van der Waals surface area contributed by atoms with Gasteiger partial charge in [0.2, 0.25) is 0 Å². The van der Waals surface area contributed by atoms with E-state index in [1.165, 1.54) is 12.1 Å². The molecule has 2 aromatic heterocycles. The van der Waals surface area contributed by atoms with Crippen LogP contribution in [0.2, 0.25) is 5.02 Å². The van der Waals surface area contributed by atoms with Crippen LogP contribution in [0, 0.1) is 5.82 Å². The molecule has 4 rings (SSSR count). The molecule has 0 aliphatic carbocycles. The van der Waals surface area contributed by atoms with E-state index in [1.54, 1.807) is 22.7 Å². The van der Waals surface area contributed by atoms with Gasteiger partial charge in [0.25, 0.3) is 15.7 Å². The Morgan fingerprint density at radius 3 is 2.61 bits per heavy atom. The summed E-state index contributed by atoms with van der Waals surface area (Å²) in [6.45, 7) is 1.63. The van der Waals surface area contributed by atoms with Gasteiger partial charge >= 0.3 is 5.51 Å². The largest absolute Gasteiger partial charge is 0.498 e. The number of amides is 1. The molecule has 1 amide bonds. The molecule has 0 spiro atoms. The molecule has 0 fully saturated rings. The zero-order valence-electron chi connectivity index (χ0n) is 18.8. The summed E-state index contributed by atoms with van der Waals surface area (Å²) in [5.41, 5.74) is -3.55. The van der Waals surface area contributed by atoms with E-state index in [0.29, 0.717) is 40.3 Å². The Morgan fingerprint density at radius 2 is 2.00 bits per heavy atom. The molecule has 1 N–H and O–H groups in total. The summed E-state index contributed by atoms with van der Waals surface area (Å²) in [6, 6.07) is 7.40. The summed E-state index contributed by atoms with van der Waals surface area (Å²) in [7, 11) is -5.40. The summed E-state index contributed by atoms with van der Waals surface area (Å²) in [5, 5.41) is 6.13. The maximum absolute atomic E-state index is 14.8. The lowest BCUT2D eigenvalue weighted by atomic mass is 10.1. The quantitative estimate of drug-likeness (QED) is 0.470. The minimum Gasteiger partial charge on any atom is -0.347 e. The molecule has 1 aromatic carbocycles. The minimum atomic E-state index is -5.40. The maximum atomic E-state index is 14.8. The van der Waals surface area contributed by atoms with E-state index < -0.39 is 38.7 Å². The number of benzene rings is 1. The third-order valence-corrected chi connectivity index (χ3v) is 7.69.